The van der Waals surface area contributed by atoms with E-state index in [1.54, 1.807) is 19.9 Å². The van der Waals surface area contributed by atoms with Gasteiger partial charge in [0, 0.05) is 24.8 Å². The third-order valence-electron chi connectivity index (χ3n) is 7.58. The highest BCUT2D eigenvalue weighted by atomic mass is 16.9. The molecule has 43 heavy (non-hydrogen) atoms. The van der Waals surface area contributed by atoms with Crippen LogP contribution in [0.5, 0.6) is 11.5 Å². The zero-order valence-corrected chi connectivity index (χ0v) is 25.9. The Morgan fingerprint density at radius 2 is 1.81 bits per heavy atom. The van der Waals surface area contributed by atoms with Crippen LogP contribution in [0, 0.1) is 16.0 Å². The summed E-state index contributed by atoms with van der Waals surface area (Å²) in [6.07, 6.45) is 6.89. The van der Waals surface area contributed by atoms with Crippen molar-refractivity contribution in [1.29, 1.82) is 0 Å². The van der Waals surface area contributed by atoms with Gasteiger partial charge in [-0.25, -0.2) is 0 Å². The summed E-state index contributed by atoms with van der Waals surface area (Å²) in [5.74, 6) is -2.30. The predicted octanol–water partition coefficient (Wildman–Crippen LogP) is 6.25. The zero-order valence-electron chi connectivity index (χ0n) is 25.9. The molecule has 0 aromatic heterocycles. The summed E-state index contributed by atoms with van der Waals surface area (Å²) in [6, 6.07) is 3.04. The quantitative estimate of drug-likeness (QED) is 0.0540. The van der Waals surface area contributed by atoms with Crippen molar-refractivity contribution in [2.24, 2.45) is 5.92 Å². The first-order valence-corrected chi connectivity index (χ1v) is 14.8. The number of allylic oxidation sites excluding steroid dienone is 2. The molecule has 2 atom stereocenters. The van der Waals surface area contributed by atoms with E-state index in [1.807, 2.05) is 13.0 Å². The second kappa shape index (κ2) is 16.7. The van der Waals surface area contributed by atoms with Gasteiger partial charge >= 0.3 is 17.9 Å². The molecule has 0 bridgehead atoms. The van der Waals surface area contributed by atoms with Crippen LogP contribution in [-0.4, -0.2) is 47.9 Å². The Morgan fingerprint density at radius 3 is 2.44 bits per heavy atom. The van der Waals surface area contributed by atoms with E-state index in [1.165, 1.54) is 13.0 Å². The second-order valence-corrected chi connectivity index (χ2v) is 11.5. The van der Waals surface area contributed by atoms with Crippen molar-refractivity contribution in [3.8, 4) is 11.5 Å². The summed E-state index contributed by atoms with van der Waals surface area (Å²) in [6.45, 7) is 12.9. The maximum absolute atomic E-state index is 13.1. The topological polar surface area (TPSA) is 152 Å². The standard InChI is InChI=1S/C32H45NO10/c1-7-8-9-10-15-40-31(37)32(5,6)24-18-27(35)30(28(19-24)43-29(36)12-11-16-42-33(38)39)26-17-23(20-41-22(4)34)13-14-25(26)21(2)3/h17-19,25-26,35H,2,7-16,20H2,1,3-6H3/t25-,26+/m1/s1. The number of carbonyl (C=O) groups is 3. The van der Waals surface area contributed by atoms with Gasteiger partial charge in [-0.05, 0) is 75.6 Å². The Bertz CT molecular complexity index is 1200. The van der Waals surface area contributed by atoms with Gasteiger partial charge in [-0.3, -0.25) is 14.4 Å². The first-order valence-electron chi connectivity index (χ1n) is 14.8. The molecule has 1 aliphatic rings. The number of esters is 3. The molecule has 1 aromatic rings. The number of hydrogen-bond donors (Lipinski definition) is 1. The Morgan fingerprint density at radius 1 is 1.09 bits per heavy atom. The Labute approximate surface area is 253 Å². The van der Waals surface area contributed by atoms with Crippen LogP contribution in [0.1, 0.15) is 103 Å². The van der Waals surface area contributed by atoms with Crippen molar-refractivity contribution in [3.05, 3.63) is 57.2 Å². The normalized spacial score (nSPS) is 16.5. The third-order valence-corrected chi connectivity index (χ3v) is 7.58. The Hall–Kier alpha value is -3.89. The average molecular weight is 604 g/mol. The van der Waals surface area contributed by atoms with Gasteiger partial charge < -0.3 is 24.2 Å². The lowest BCUT2D eigenvalue weighted by molar-refractivity contribution is -0.757. The lowest BCUT2D eigenvalue weighted by Gasteiger charge is -2.33. The van der Waals surface area contributed by atoms with Crippen LogP contribution in [0.4, 0.5) is 0 Å². The number of unbranched alkanes of at least 4 members (excludes halogenated alkanes) is 3. The van der Waals surface area contributed by atoms with Crippen LogP contribution < -0.4 is 4.74 Å². The van der Waals surface area contributed by atoms with Crippen molar-refractivity contribution < 1.29 is 43.6 Å². The molecule has 0 saturated heterocycles. The number of nitrogens with zero attached hydrogens (tertiary/aromatic N) is 1. The van der Waals surface area contributed by atoms with Gasteiger partial charge in [0.15, 0.2) is 0 Å². The van der Waals surface area contributed by atoms with Crippen molar-refractivity contribution >= 4 is 17.9 Å². The molecule has 1 aromatic carbocycles. The number of phenolic OH excluding ortho intramolecular Hbond substituents is 1. The van der Waals surface area contributed by atoms with Gasteiger partial charge in [0.2, 0.25) is 0 Å². The summed E-state index contributed by atoms with van der Waals surface area (Å²) >= 11 is 0. The number of ether oxygens (including phenoxy) is 3. The third kappa shape index (κ3) is 10.7. The smallest absolute Gasteiger partial charge is 0.315 e. The zero-order chi connectivity index (χ0) is 32.2. The molecule has 0 unspecified atom stereocenters. The van der Waals surface area contributed by atoms with Crippen LogP contribution in [0.2, 0.25) is 0 Å². The van der Waals surface area contributed by atoms with Crippen molar-refractivity contribution in [2.75, 3.05) is 19.8 Å². The minimum atomic E-state index is -1.18. The highest BCUT2D eigenvalue weighted by Crippen LogP contribution is 2.48. The first kappa shape index (κ1) is 35.3. The molecule has 0 spiro atoms. The highest BCUT2D eigenvalue weighted by Gasteiger charge is 2.37. The molecule has 0 radical (unpaired) electrons. The van der Waals surface area contributed by atoms with Gasteiger partial charge in [-0.2, -0.15) is 0 Å². The van der Waals surface area contributed by atoms with Gasteiger partial charge in [0.05, 0.1) is 18.6 Å². The van der Waals surface area contributed by atoms with E-state index in [0.29, 0.717) is 24.0 Å². The molecule has 0 aliphatic heterocycles. The first-order chi connectivity index (χ1) is 20.3. The fourth-order valence-electron chi connectivity index (χ4n) is 5.04. The van der Waals surface area contributed by atoms with Crippen molar-refractivity contribution in [1.82, 2.24) is 0 Å². The second-order valence-electron chi connectivity index (χ2n) is 11.5. The van der Waals surface area contributed by atoms with E-state index in [0.717, 1.165) is 36.8 Å². The van der Waals surface area contributed by atoms with E-state index in [9.17, 15) is 29.6 Å². The van der Waals surface area contributed by atoms with E-state index in [-0.39, 0.29) is 50.1 Å². The SMILES string of the molecule is C=C(C)[C@H]1CCC(COC(C)=O)=C[C@@H]1c1c(O)cc(C(C)(C)C(=O)OCCCCCC)cc1OC(=O)CCCO[N+](=O)[O-]. The average Bonchev–Trinajstić information content (AvgIpc) is 2.93. The molecule has 11 nitrogen and oxygen atoms in total. The molecule has 238 valence electrons. The number of aromatic hydroxyl groups is 1. The van der Waals surface area contributed by atoms with E-state index < -0.39 is 34.3 Å². The summed E-state index contributed by atoms with van der Waals surface area (Å²) in [7, 11) is 0. The van der Waals surface area contributed by atoms with E-state index >= 15 is 0 Å². The van der Waals surface area contributed by atoms with Gasteiger partial charge in [-0.15, -0.1) is 10.1 Å². The summed E-state index contributed by atoms with van der Waals surface area (Å²) in [5, 5.41) is 21.0. The number of hydrogen-bond acceptors (Lipinski definition) is 10. The summed E-state index contributed by atoms with van der Waals surface area (Å²) < 4.78 is 16.5. The monoisotopic (exact) mass is 603 g/mol. The summed E-state index contributed by atoms with van der Waals surface area (Å²) in [4.78, 5) is 52.2. The highest BCUT2D eigenvalue weighted by molar-refractivity contribution is 5.83. The Kier molecular flexibility index (Phi) is 13.7. The number of carbonyl (C=O) groups excluding carboxylic acids is 3. The van der Waals surface area contributed by atoms with Crippen molar-refractivity contribution in [2.45, 2.75) is 97.3 Å². The van der Waals surface area contributed by atoms with Crippen molar-refractivity contribution in [3.63, 3.8) is 0 Å². The van der Waals surface area contributed by atoms with Crippen LogP contribution in [0.25, 0.3) is 0 Å². The predicted molar refractivity (Wildman–Crippen MR) is 159 cm³/mol. The van der Waals surface area contributed by atoms with Gasteiger partial charge in [0.1, 0.15) is 18.1 Å². The van der Waals surface area contributed by atoms with E-state index in [4.69, 9.17) is 14.2 Å². The van der Waals surface area contributed by atoms with Crippen LogP contribution in [0.15, 0.2) is 35.9 Å². The molecule has 0 fully saturated rings. The Balaban J connectivity index is 2.51. The molecule has 11 heteroatoms. The van der Waals surface area contributed by atoms with Crippen LogP contribution in [-0.2, 0) is 34.1 Å². The molecule has 0 saturated carbocycles. The summed E-state index contributed by atoms with van der Waals surface area (Å²) in [5.41, 5.74) is 1.24. The molecule has 2 rings (SSSR count). The molecule has 0 amide bonds. The largest absolute Gasteiger partial charge is 0.507 e. The minimum Gasteiger partial charge on any atom is -0.507 e. The van der Waals surface area contributed by atoms with E-state index in [2.05, 4.69) is 18.3 Å². The fraction of sp³-hybridized carbons (Fsp3) is 0.594. The fourth-order valence-corrected chi connectivity index (χ4v) is 5.04. The number of phenols is 1. The number of rotatable bonds is 17. The van der Waals surface area contributed by atoms with Crippen LogP contribution in [0.3, 0.4) is 0 Å². The van der Waals surface area contributed by atoms with Gasteiger partial charge in [0.25, 0.3) is 5.09 Å². The van der Waals surface area contributed by atoms with Gasteiger partial charge in [-0.1, -0.05) is 44.4 Å². The lowest BCUT2D eigenvalue weighted by atomic mass is 9.73. The van der Waals surface area contributed by atoms with Crippen LogP contribution >= 0.6 is 0 Å². The lowest BCUT2D eigenvalue weighted by Crippen LogP contribution is -2.31. The molecular formula is C32H45NO10. The molecule has 1 N–H and O–H groups in total. The molecular weight excluding hydrogens is 558 g/mol. The molecule has 0 heterocycles. The maximum atomic E-state index is 13.1. The maximum Gasteiger partial charge on any atom is 0.315 e. The molecule has 1 aliphatic carbocycles. The minimum absolute atomic E-state index is 0.0426. The number of benzene rings is 1.